The van der Waals surface area contributed by atoms with E-state index in [9.17, 15) is 18.1 Å². The molecule has 196 valence electrons. The maximum Gasteiger partial charge on any atom is 0.242 e. The van der Waals surface area contributed by atoms with Crippen LogP contribution in [0.15, 0.2) is 23.4 Å². The third-order valence-corrected chi connectivity index (χ3v) is 10.7. The second-order valence-corrected chi connectivity index (χ2v) is 13.6. The second kappa shape index (κ2) is 8.49. The SMILES string of the molecule is N#CC1(C(=N)SC(=N)c2cnc3c(N4CCC5(CC4)COC5)cc(S(=O)(=O)NC4(CF)CC4)cn23)CC1. The first-order valence-corrected chi connectivity index (χ1v) is 14.6. The highest BCUT2D eigenvalue weighted by molar-refractivity contribution is 8.26. The van der Waals surface area contributed by atoms with Crippen molar-refractivity contribution in [2.75, 3.05) is 37.9 Å². The Hall–Kier alpha value is -2.53. The molecule has 4 aliphatic rings. The van der Waals surface area contributed by atoms with Gasteiger partial charge in [-0.15, -0.1) is 0 Å². The van der Waals surface area contributed by atoms with Crippen LogP contribution in [0.1, 0.15) is 44.2 Å². The second-order valence-electron chi connectivity index (χ2n) is 10.9. The monoisotopic (exact) mass is 545 g/mol. The highest BCUT2D eigenvalue weighted by atomic mass is 32.2. The summed E-state index contributed by atoms with van der Waals surface area (Å²) in [6, 6.07) is 3.76. The Labute approximate surface area is 218 Å². The number of anilines is 1. The van der Waals surface area contributed by atoms with E-state index in [0.717, 1.165) is 37.8 Å². The molecule has 37 heavy (non-hydrogen) atoms. The maximum absolute atomic E-state index is 13.6. The summed E-state index contributed by atoms with van der Waals surface area (Å²) in [5, 5.41) is 26.5. The first kappa shape index (κ1) is 24.8. The summed E-state index contributed by atoms with van der Waals surface area (Å²) in [5.74, 6) is 0. The zero-order valence-corrected chi connectivity index (χ0v) is 21.9. The number of hydrogen-bond donors (Lipinski definition) is 3. The Kier molecular flexibility index (Phi) is 5.69. The van der Waals surface area contributed by atoms with Crippen LogP contribution >= 0.6 is 11.8 Å². The van der Waals surface area contributed by atoms with E-state index in [0.29, 0.717) is 55.8 Å². The van der Waals surface area contributed by atoms with Gasteiger partial charge in [0, 0.05) is 24.7 Å². The van der Waals surface area contributed by atoms with Gasteiger partial charge in [0.1, 0.15) is 22.0 Å². The van der Waals surface area contributed by atoms with Gasteiger partial charge in [-0.05, 0) is 44.6 Å². The summed E-state index contributed by atoms with van der Waals surface area (Å²) in [4.78, 5) is 6.64. The maximum atomic E-state index is 13.6. The minimum absolute atomic E-state index is 0.0131. The highest BCUT2D eigenvalue weighted by Crippen LogP contribution is 2.49. The number of piperidine rings is 1. The average molecular weight is 546 g/mol. The zero-order chi connectivity index (χ0) is 26.1. The molecular weight excluding hydrogens is 517 g/mol. The first-order valence-electron chi connectivity index (χ1n) is 12.3. The van der Waals surface area contributed by atoms with Gasteiger partial charge < -0.3 is 9.64 Å². The number of fused-ring (bicyclic) bond motifs is 1. The Morgan fingerprint density at radius 3 is 2.46 bits per heavy atom. The molecule has 2 aliphatic heterocycles. The molecule has 0 aromatic carbocycles. The van der Waals surface area contributed by atoms with Gasteiger partial charge in [-0.3, -0.25) is 15.2 Å². The van der Waals surface area contributed by atoms with Gasteiger partial charge >= 0.3 is 0 Å². The molecule has 0 atom stereocenters. The van der Waals surface area contributed by atoms with Gasteiger partial charge in [0.25, 0.3) is 0 Å². The molecule has 2 aromatic heterocycles. The molecule has 3 N–H and O–H groups in total. The van der Waals surface area contributed by atoms with E-state index >= 15 is 0 Å². The number of nitrogens with zero attached hydrogens (tertiary/aromatic N) is 4. The predicted molar refractivity (Wildman–Crippen MR) is 138 cm³/mol. The molecule has 4 fully saturated rings. The third kappa shape index (κ3) is 4.24. The lowest BCUT2D eigenvalue weighted by atomic mass is 9.77. The summed E-state index contributed by atoms with van der Waals surface area (Å²) >= 11 is 0.896. The van der Waals surface area contributed by atoms with Crippen LogP contribution in [-0.2, 0) is 14.8 Å². The van der Waals surface area contributed by atoms with Crippen LogP contribution in [0.5, 0.6) is 0 Å². The summed E-state index contributed by atoms with van der Waals surface area (Å²) in [6.45, 7) is 2.16. The van der Waals surface area contributed by atoms with E-state index in [-0.39, 0.29) is 20.4 Å². The molecule has 2 saturated carbocycles. The minimum Gasteiger partial charge on any atom is -0.380 e. The standard InChI is InChI=1S/C24H28FN7O3S2/c25-12-24(3-4-24)30-37(33,34)16-9-17(31-7-5-22(6-8-31)14-35-15-22)20-29-10-18(32(20)11-16)19(27)36-21(28)23(13-26)1-2-23/h9-11,27-28,30H,1-8,12,14-15H2. The molecule has 6 rings (SSSR count). The number of sulfonamides is 1. The number of imidazole rings is 1. The van der Waals surface area contributed by atoms with Crippen molar-refractivity contribution < 1.29 is 17.5 Å². The number of pyridine rings is 1. The third-order valence-electron chi connectivity index (χ3n) is 8.15. The highest BCUT2D eigenvalue weighted by Gasteiger charge is 2.49. The average Bonchev–Trinajstić information content (AvgIpc) is 3.79. The molecule has 4 heterocycles. The fraction of sp³-hybridized carbons (Fsp3) is 0.583. The van der Waals surface area contributed by atoms with Gasteiger partial charge in [-0.25, -0.2) is 22.5 Å². The van der Waals surface area contributed by atoms with Crippen LogP contribution in [0.4, 0.5) is 10.1 Å². The van der Waals surface area contributed by atoms with Crippen LogP contribution in [-0.4, -0.2) is 66.4 Å². The number of halogens is 1. The molecule has 13 heteroatoms. The van der Waals surface area contributed by atoms with Crippen molar-refractivity contribution in [3.63, 3.8) is 0 Å². The Morgan fingerprint density at radius 1 is 1.22 bits per heavy atom. The van der Waals surface area contributed by atoms with Gasteiger partial charge in [0.2, 0.25) is 10.0 Å². The van der Waals surface area contributed by atoms with Crippen molar-refractivity contribution in [1.82, 2.24) is 14.1 Å². The Balaban J connectivity index is 1.38. The van der Waals surface area contributed by atoms with Gasteiger partial charge in [-0.1, -0.05) is 11.8 Å². The van der Waals surface area contributed by atoms with E-state index in [1.165, 1.54) is 12.4 Å². The normalized spacial score (nSPS) is 22.9. The number of thioether (sulfide) groups is 1. The Bertz CT molecular complexity index is 1440. The van der Waals surface area contributed by atoms with Crippen LogP contribution < -0.4 is 9.62 Å². The molecule has 0 amide bonds. The predicted octanol–water partition coefficient (Wildman–Crippen LogP) is 3.07. The molecule has 10 nitrogen and oxygen atoms in total. The van der Waals surface area contributed by atoms with Crippen LogP contribution in [0.2, 0.25) is 0 Å². The van der Waals surface area contributed by atoms with Crippen molar-refractivity contribution in [1.29, 1.82) is 16.1 Å². The zero-order valence-electron chi connectivity index (χ0n) is 20.2. The number of ether oxygens (including phenoxy) is 1. The number of hydrogen-bond acceptors (Lipinski definition) is 9. The lowest BCUT2D eigenvalue weighted by molar-refractivity contribution is -0.124. The summed E-state index contributed by atoms with van der Waals surface area (Å²) in [6.07, 6.45) is 6.88. The van der Waals surface area contributed by atoms with Crippen LogP contribution in [0.25, 0.3) is 5.65 Å². The molecule has 0 bridgehead atoms. The lowest BCUT2D eigenvalue weighted by Gasteiger charge is -2.47. The summed E-state index contributed by atoms with van der Waals surface area (Å²) in [5.41, 5.74) is -0.180. The van der Waals surface area contributed by atoms with Crippen LogP contribution in [0, 0.1) is 33.0 Å². The number of rotatable bonds is 7. The van der Waals surface area contributed by atoms with Crippen LogP contribution in [0.3, 0.4) is 0 Å². The van der Waals surface area contributed by atoms with Gasteiger partial charge in [0.15, 0.2) is 5.65 Å². The molecule has 0 radical (unpaired) electrons. The molecule has 2 aliphatic carbocycles. The van der Waals surface area contributed by atoms with E-state index in [1.807, 2.05) is 0 Å². The van der Waals surface area contributed by atoms with Crippen molar-refractivity contribution >= 4 is 43.2 Å². The number of nitriles is 1. The largest absolute Gasteiger partial charge is 0.380 e. The van der Waals surface area contributed by atoms with E-state index in [1.54, 1.807) is 10.5 Å². The minimum atomic E-state index is -4.04. The molecule has 0 unspecified atom stereocenters. The Morgan fingerprint density at radius 2 is 1.92 bits per heavy atom. The number of alkyl halides is 1. The fourth-order valence-electron chi connectivity index (χ4n) is 5.02. The van der Waals surface area contributed by atoms with Crippen molar-refractivity contribution in [2.24, 2.45) is 10.8 Å². The molecule has 2 saturated heterocycles. The van der Waals surface area contributed by atoms with Gasteiger partial charge in [0.05, 0.1) is 47.4 Å². The summed E-state index contributed by atoms with van der Waals surface area (Å²) < 4.78 is 49.8. The molecule has 1 spiro atoms. The fourth-order valence-corrected chi connectivity index (χ4v) is 7.38. The quantitative estimate of drug-likeness (QED) is 0.358. The smallest absolute Gasteiger partial charge is 0.242 e. The topological polar surface area (TPSA) is 147 Å². The number of aromatic nitrogens is 2. The van der Waals surface area contributed by atoms with E-state index in [2.05, 4.69) is 20.7 Å². The molecule has 2 aromatic rings. The molecular formula is C24H28FN7O3S2. The van der Waals surface area contributed by atoms with E-state index < -0.39 is 27.7 Å². The van der Waals surface area contributed by atoms with E-state index in [4.69, 9.17) is 15.6 Å². The first-order chi connectivity index (χ1) is 17.6. The van der Waals surface area contributed by atoms with Gasteiger partial charge in [-0.2, -0.15) is 5.26 Å². The van der Waals surface area contributed by atoms with Crippen molar-refractivity contribution in [3.05, 3.63) is 24.2 Å². The van der Waals surface area contributed by atoms with Crippen molar-refractivity contribution in [2.45, 2.75) is 49.0 Å². The van der Waals surface area contributed by atoms with Crippen molar-refractivity contribution in [3.8, 4) is 6.07 Å². The lowest BCUT2D eigenvalue weighted by Crippen LogP contribution is -2.51. The number of nitrogens with one attached hydrogen (secondary N) is 3. The summed E-state index contributed by atoms with van der Waals surface area (Å²) in [7, 11) is -4.04.